The summed E-state index contributed by atoms with van der Waals surface area (Å²) in [4.78, 5) is 40.0. The van der Waals surface area contributed by atoms with Crippen LogP contribution in [0.3, 0.4) is 0 Å². The minimum Gasteiger partial charge on any atom is -0.428 e. The molecule has 0 radical (unpaired) electrons. The molecule has 0 aliphatic heterocycles. The predicted molar refractivity (Wildman–Crippen MR) is 146 cm³/mol. The van der Waals surface area contributed by atoms with E-state index < -0.39 is 5.91 Å². The van der Waals surface area contributed by atoms with E-state index in [2.05, 4.69) is 10.3 Å². The zero-order valence-electron chi connectivity index (χ0n) is 22.8. The Kier molecular flexibility index (Phi) is 10.4. The first-order valence-corrected chi connectivity index (χ1v) is 12.1. The molecule has 3 rings (SSSR count). The molecule has 1 amide bonds. The van der Waals surface area contributed by atoms with Crippen LogP contribution in [-0.2, 0) is 15.6 Å². The van der Waals surface area contributed by atoms with Crippen LogP contribution >= 0.6 is 0 Å². The lowest BCUT2D eigenvalue weighted by atomic mass is 9.79. The van der Waals surface area contributed by atoms with Gasteiger partial charge in [0.2, 0.25) is 5.43 Å². The number of carbonyl (C=O) groups excluding carboxylic acids is 2. The number of pyridine rings is 1. The zero-order valence-corrected chi connectivity index (χ0v) is 22.8. The minimum absolute atomic E-state index is 0.0105. The van der Waals surface area contributed by atoms with Crippen molar-refractivity contribution >= 4 is 29.0 Å². The van der Waals surface area contributed by atoms with Crippen molar-refractivity contribution < 1.29 is 14.3 Å². The quantitative estimate of drug-likeness (QED) is 0.395. The summed E-state index contributed by atoms with van der Waals surface area (Å²) in [6, 6.07) is 10.6. The maximum atomic E-state index is 13.1. The molecule has 0 aliphatic rings. The lowest BCUT2D eigenvalue weighted by Crippen LogP contribution is -2.25. The van der Waals surface area contributed by atoms with E-state index in [0.29, 0.717) is 28.8 Å². The van der Waals surface area contributed by atoms with Gasteiger partial charge in [-0.15, -0.1) is 0 Å². The Morgan fingerprint density at radius 3 is 2.03 bits per heavy atom. The summed E-state index contributed by atoms with van der Waals surface area (Å²) in [7, 11) is 0. The molecule has 1 heterocycles. The van der Waals surface area contributed by atoms with Gasteiger partial charge in [0, 0.05) is 34.4 Å². The van der Waals surface area contributed by atoms with Crippen LogP contribution in [0.15, 0.2) is 47.4 Å². The zero-order chi connectivity index (χ0) is 27.0. The van der Waals surface area contributed by atoms with E-state index in [-0.39, 0.29) is 21.8 Å². The largest absolute Gasteiger partial charge is 0.428 e. The number of benzene rings is 2. The van der Waals surface area contributed by atoms with Gasteiger partial charge in [-0.2, -0.15) is 0 Å². The molecule has 0 bridgehead atoms. The van der Waals surface area contributed by atoms with Crippen LogP contribution in [0, 0.1) is 0 Å². The van der Waals surface area contributed by atoms with E-state index in [9.17, 15) is 14.4 Å². The number of hydrogen-bond donors (Lipinski definition) is 2. The highest BCUT2D eigenvalue weighted by Crippen LogP contribution is 2.40. The summed E-state index contributed by atoms with van der Waals surface area (Å²) in [6.07, 6.45) is 1.42. The summed E-state index contributed by atoms with van der Waals surface area (Å²) in [5.41, 5.74) is 1.96. The van der Waals surface area contributed by atoms with Crippen molar-refractivity contribution in [3.63, 3.8) is 0 Å². The molecule has 0 saturated carbocycles. The second kappa shape index (κ2) is 12.3. The molecule has 0 aliphatic carbocycles. The van der Waals surface area contributed by atoms with Gasteiger partial charge in [0.25, 0.3) is 12.4 Å². The highest BCUT2D eigenvalue weighted by molar-refractivity contribution is 6.06. The molecule has 1 aromatic heterocycles. The van der Waals surface area contributed by atoms with Crippen LogP contribution < -0.4 is 15.5 Å². The van der Waals surface area contributed by atoms with E-state index in [1.54, 1.807) is 24.3 Å². The van der Waals surface area contributed by atoms with Crippen LogP contribution in [0.4, 0.5) is 5.69 Å². The van der Waals surface area contributed by atoms with Gasteiger partial charge in [-0.25, -0.2) is 0 Å². The number of anilines is 1. The highest BCUT2D eigenvalue weighted by Gasteiger charge is 2.27. The molecular formula is C29H40N2O4. The van der Waals surface area contributed by atoms with Gasteiger partial charge in [-0.05, 0) is 34.6 Å². The van der Waals surface area contributed by atoms with Gasteiger partial charge in [-0.1, -0.05) is 81.4 Å². The number of aromatic nitrogens is 1. The van der Waals surface area contributed by atoms with Crippen molar-refractivity contribution in [2.75, 3.05) is 5.32 Å². The van der Waals surface area contributed by atoms with Crippen molar-refractivity contribution in [2.45, 2.75) is 80.1 Å². The van der Waals surface area contributed by atoms with Crippen LogP contribution in [0.25, 0.3) is 10.9 Å². The molecule has 0 fully saturated rings. The Morgan fingerprint density at radius 1 is 0.914 bits per heavy atom. The number of aromatic amines is 1. The average molecular weight is 481 g/mol. The van der Waals surface area contributed by atoms with Crippen molar-refractivity contribution in [3.05, 3.63) is 69.5 Å². The first kappa shape index (κ1) is 29.6. The number of amides is 1. The Bertz CT molecular complexity index is 1210. The summed E-state index contributed by atoms with van der Waals surface area (Å²) in [6.45, 7) is 20.6. The van der Waals surface area contributed by atoms with Crippen LogP contribution in [0.2, 0.25) is 0 Å². The molecule has 0 unspecified atom stereocenters. The third-order valence-electron chi connectivity index (χ3n) is 5.19. The first-order chi connectivity index (χ1) is 16.4. The number of para-hydroxylation sites is 1. The minimum atomic E-state index is -0.530. The summed E-state index contributed by atoms with van der Waals surface area (Å²) >= 11 is 0. The number of hydrogen-bond acceptors (Lipinski definition) is 4. The summed E-state index contributed by atoms with van der Waals surface area (Å²) in [5.74, 6) is -0.156. The van der Waals surface area contributed by atoms with Crippen molar-refractivity contribution in [3.8, 4) is 5.75 Å². The molecule has 0 atom stereocenters. The maximum Gasteiger partial charge on any atom is 0.298 e. The van der Waals surface area contributed by atoms with Gasteiger partial charge in [0.05, 0.1) is 0 Å². The summed E-state index contributed by atoms with van der Waals surface area (Å²) < 4.78 is 5.24. The lowest BCUT2D eigenvalue weighted by molar-refractivity contribution is -0.120. The van der Waals surface area contributed by atoms with Crippen LogP contribution in [0.1, 0.15) is 90.7 Å². The number of fused-ring (bicyclic) bond motifs is 1. The molecule has 2 aromatic carbocycles. The Morgan fingerprint density at radius 2 is 1.49 bits per heavy atom. The third kappa shape index (κ3) is 7.04. The van der Waals surface area contributed by atoms with Crippen LogP contribution in [0.5, 0.6) is 5.75 Å². The van der Waals surface area contributed by atoms with E-state index in [4.69, 9.17) is 4.74 Å². The maximum absolute atomic E-state index is 13.1. The van der Waals surface area contributed by atoms with Gasteiger partial charge >= 0.3 is 0 Å². The molecule has 190 valence electrons. The monoisotopic (exact) mass is 480 g/mol. The molecule has 2 N–H and O–H groups in total. The van der Waals surface area contributed by atoms with E-state index >= 15 is 0 Å². The fourth-order valence-corrected chi connectivity index (χ4v) is 3.57. The molecule has 0 saturated heterocycles. The van der Waals surface area contributed by atoms with Gasteiger partial charge < -0.3 is 15.0 Å². The first-order valence-electron chi connectivity index (χ1n) is 12.1. The average Bonchev–Trinajstić information content (AvgIpc) is 2.81. The number of carbonyl (C=O) groups is 2. The smallest absolute Gasteiger partial charge is 0.298 e. The van der Waals surface area contributed by atoms with Gasteiger partial charge in [0.1, 0.15) is 11.3 Å². The highest BCUT2D eigenvalue weighted by atomic mass is 16.5. The van der Waals surface area contributed by atoms with Crippen molar-refractivity contribution in [1.29, 1.82) is 0 Å². The fourth-order valence-electron chi connectivity index (χ4n) is 3.57. The Balaban J connectivity index is 0.00000145. The Labute approximate surface area is 209 Å². The molecule has 3 aromatic rings. The molecular weight excluding hydrogens is 440 g/mol. The van der Waals surface area contributed by atoms with Gasteiger partial charge in [0.15, 0.2) is 0 Å². The number of ether oxygens (including phenoxy) is 1. The molecule has 6 heteroatoms. The van der Waals surface area contributed by atoms with Crippen molar-refractivity contribution in [1.82, 2.24) is 4.98 Å². The lowest BCUT2D eigenvalue weighted by Gasteiger charge is -2.29. The van der Waals surface area contributed by atoms with E-state index in [1.165, 1.54) is 6.20 Å². The fraction of sp³-hybridized carbons (Fsp3) is 0.414. The number of nitrogens with one attached hydrogen (secondary N) is 2. The van der Waals surface area contributed by atoms with E-state index in [0.717, 1.165) is 11.1 Å². The SMILES string of the molecule is CC.CC.CC(C)(C)c1cc(C(C)(C)C)c(OC=O)cc1NC(=O)c1c[nH]c2ccccc2c1=O. The summed E-state index contributed by atoms with van der Waals surface area (Å²) in [5, 5.41) is 3.31. The second-order valence-corrected chi connectivity index (χ2v) is 9.64. The predicted octanol–water partition coefficient (Wildman–Crippen LogP) is 6.96. The van der Waals surface area contributed by atoms with Gasteiger partial charge in [-0.3, -0.25) is 14.4 Å². The standard InChI is InChI=1S/C25H28N2O4.2C2H6/c1-24(2,3)17-11-18(25(4,5)6)21(31-14-28)12-20(17)27-23(30)16-13-26-19-10-8-7-9-15(19)22(16)29;2*1-2/h7-14H,1-6H3,(H,26,29)(H,27,30);2*1-2H3. The van der Waals surface area contributed by atoms with Crippen molar-refractivity contribution in [2.24, 2.45) is 0 Å². The van der Waals surface area contributed by atoms with Crippen LogP contribution in [-0.4, -0.2) is 17.4 Å². The number of rotatable bonds is 4. The topological polar surface area (TPSA) is 88.3 Å². The molecule has 35 heavy (non-hydrogen) atoms. The third-order valence-corrected chi connectivity index (χ3v) is 5.19. The molecule has 0 spiro atoms. The van der Waals surface area contributed by atoms with E-state index in [1.807, 2.05) is 81.4 Å². The second-order valence-electron chi connectivity index (χ2n) is 9.64. The Hall–Kier alpha value is -3.41. The number of H-pyrrole nitrogens is 1. The molecule has 6 nitrogen and oxygen atoms in total. The normalized spacial score (nSPS) is 10.9.